The number of hydrogen-bond donors (Lipinski definition) is 3. The minimum absolute atomic E-state index is 0.123. The maximum Gasteiger partial charge on any atom is 0.344 e. The van der Waals surface area contributed by atoms with Gasteiger partial charge in [-0.05, 0) is 46.6 Å². The first kappa shape index (κ1) is 22.5. The van der Waals surface area contributed by atoms with Crippen LogP contribution in [0.15, 0.2) is 23.3 Å². The van der Waals surface area contributed by atoms with Crippen molar-refractivity contribution in [2.24, 2.45) is 0 Å². The van der Waals surface area contributed by atoms with Crippen LogP contribution < -0.4 is 0 Å². The van der Waals surface area contributed by atoms with Crippen LogP contribution in [0.2, 0.25) is 0 Å². The van der Waals surface area contributed by atoms with Crippen molar-refractivity contribution >= 4 is 11.9 Å². The van der Waals surface area contributed by atoms with Crippen molar-refractivity contribution in [3.05, 3.63) is 23.3 Å². The monoisotopic (exact) mass is 397 g/mol. The minimum Gasteiger partial charge on any atom is -0.459 e. The Balaban J connectivity index is 2.06. The second kappa shape index (κ2) is 8.32. The molecule has 1 saturated heterocycles. The van der Waals surface area contributed by atoms with Crippen LogP contribution in [0.1, 0.15) is 41.0 Å². The molecule has 158 valence electrons. The number of aliphatic hydroxyl groups excluding tert-OH is 1. The van der Waals surface area contributed by atoms with Gasteiger partial charge in [-0.25, -0.2) is 9.59 Å². The summed E-state index contributed by atoms with van der Waals surface area (Å²) < 4.78 is 10.9. The number of carbonyl (C=O) groups is 2. The van der Waals surface area contributed by atoms with Crippen molar-refractivity contribution in [3.8, 4) is 0 Å². The molecule has 0 aromatic heterocycles. The van der Waals surface area contributed by atoms with Crippen LogP contribution in [0, 0.1) is 0 Å². The van der Waals surface area contributed by atoms with E-state index in [9.17, 15) is 24.9 Å². The molecule has 2 heterocycles. The third-order valence-corrected chi connectivity index (χ3v) is 5.65. The molecule has 0 aliphatic carbocycles. The van der Waals surface area contributed by atoms with Crippen molar-refractivity contribution in [1.82, 2.24) is 4.90 Å². The SMILES string of the molecule is C/C=C(\C)C(=O)OC1CCN2CC=C(COC(=O)C(O)(C(C)O)C(C)(C)O)C12. The molecule has 28 heavy (non-hydrogen) atoms. The number of rotatable bonds is 7. The molecule has 3 N–H and O–H groups in total. The highest BCUT2D eigenvalue weighted by Crippen LogP contribution is 2.33. The van der Waals surface area contributed by atoms with E-state index in [-0.39, 0.29) is 24.7 Å². The molecule has 1 fully saturated rings. The van der Waals surface area contributed by atoms with E-state index in [4.69, 9.17) is 9.47 Å². The highest BCUT2D eigenvalue weighted by atomic mass is 16.6. The van der Waals surface area contributed by atoms with Gasteiger partial charge < -0.3 is 24.8 Å². The molecule has 4 unspecified atom stereocenters. The lowest BCUT2D eigenvalue weighted by atomic mass is 9.81. The minimum atomic E-state index is -2.46. The molecular formula is C20H31NO7. The highest BCUT2D eigenvalue weighted by molar-refractivity contribution is 5.87. The van der Waals surface area contributed by atoms with Crippen LogP contribution in [0.3, 0.4) is 0 Å². The number of fused-ring (bicyclic) bond motifs is 1. The quantitative estimate of drug-likeness (QED) is 0.319. The highest BCUT2D eigenvalue weighted by Gasteiger charge is 2.54. The van der Waals surface area contributed by atoms with Gasteiger partial charge in [0.2, 0.25) is 5.60 Å². The van der Waals surface area contributed by atoms with Gasteiger partial charge in [0.1, 0.15) is 18.3 Å². The molecule has 0 bridgehead atoms. The third kappa shape index (κ3) is 4.15. The molecule has 8 heteroatoms. The standard InChI is InChI=1S/C20H31NO7/c1-6-12(2)17(23)28-15-8-10-21-9-7-14(16(15)21)11-27-18(24)20(26,13(3)22)19(4,5)25/h6-7,13,15-16,22,25-26H,8-11H2,1-5H3/b12-6+. The Morgan fingerprint density at radius 2 is 2.04 bits per heavy atom. The van der Waals surface area contributed by atoms with Crippen molar-refractivity contribution in [3.63, 3.8) is 0 Å². The summed E-state index contributed by atoms with van der Waals surface area (Å²) in [6.45, 7) is 8.42. The molecule has 0 spiro atoms. The Labute approximate surface area is 165 Å². The van der Waals surface area contributed by atoms with E-state index >= 15 is 0 Å². The summed E-state index contributed by atoms with van der Waals surface area (Å²) in [4.78, 5) is 26.7. The van der Waals surface area contributed by atoms with Gasteiger partial charge in [-0.3, -0.25) is 4.90 Å². The average molecular weight is 397 g/mol. The molecule has 2 aliphatic rings. The fourth-order valence-electron chi connectivity index (χ4n) is 3.66. The summed E-state index contributed by atoms with van der Waals surface area (Å²) in [5.41, 5.74) is -3.06. The summed E-state index contributed by atoms with van der Waals surface area (Å²) in [7, 11) is 0. The number of hydrogen-bond acceptors (Lipinski definition) is 8. The number of esters is 2. The second-order valence-electron chi connectivity index (χ2n) is 8.00. The van der Waals surface area contributed by atoms with Crippen molar-refractivity contribution in [1.29, 1.82) is 0 Å². The normalized spacial score (nSPS) is 26.3. The number of allylic oxidation sites excluding steroid dienone is 1. The molecule has 8 nitrogen and oxygen atoms in total. The number of aliphatic hydroxyl groups is 3. The Morgan fingerprint density at radius 3 is 2.57 bits per heavy atom. The van der Waals surface area contributed by atoms with E-state index in [1.807, 2.05) is 6.08 Å². The molecule has 0 aromatic carbocycles. The van der Waals surface area contributed by atoms with Gasteiger partial charge >= 0.3 is 11.9 Å². The molecule has 0 aromatic rings. The van der Waals surface area contributed by atoms with E-state index in [1.165, 1.54) is 20.8 Å². The first-order chi connectivity index (χ1) is 12.9. The van der Waals surface area contributed by atoms with Crippen molar-refractivity contribution in [2.75, 3.05) is 19.7 Å². The Morgan fingerprint density at radius 1 is 1.39 bits per heavy atom. The Kier molecular flexibility index (Phi) is 6.70. The Hall–Kier alpha value is -1.74. The first-order valence-electron chi connectivity index (χ1n) is 9.50. The van der Waals surface area contributed by atoms with E-state index in [2.05, 4.69) is 4.90 Å². The van der Waals surface area contributed by atoms with Gasteiger partial charge in [0.15, 0.2) is 0 Å². The van der Waals surface area contributed by atoms with Gasteiger partial charge in [-0.2, -0.15) is 0 Å². The lowest BCUT2D eigenvalue weighted by Gasteiger charge is -2.38. The van der Waals surface area contributed by atoms with E-state index in [1.54, 1.807) is 19.9 Å². The molecule has 4 atom stereocenters. The van der Waals surface area contributed by atoms with Gasteiger partial charge in [0, 0.05) is 18.7 Å². The fourth-order valence-corrected chi connectivity index (χ4v) is 3.66. The number of carbonyl (C=O) groups excluding carboxylic acids is 2. The smallest absolute Gasteiger partial charge is 0.344 e. The van der Waals surface area contributed by atoms with E-state index < -0.39 is 23.3 Å². The third-order valence-electron chi connectivity index (χ3n) is 5.65. The summed E-state index contributed by atoms with van der Waals surface area (Å²) in [5.74, 6) is -1.48. The summed E-state index contributed by atoms with van der Waals surface area (Å²) in [5, 5.41) is 30.5. The van der Waals surface area contributed by atoms with Crippen molar-refractivity contribution < 1.29 is 34.4 Å². The van der Waals surface area contributed by atoms with Gasteiger partial charge in [0.05, 0.1) is 12.1 Å². The van der Waals surface area contributed by atoms with Gasteiger partial charge in [-0.1, -0.05) is 12.2 Å². The zero-order valence-electron chi connectivity index (χ0n) is 17.1. The van der Waals surface area contributed by atoms with Gasteiger partial charge in [-0.15, -0.1) is 0 Å². The predicted molar refractivity (Wildman–Crippen MR) is 101 cm³/mol. The summed E-state index contributed by atoms with van der Waals surface area (Å²) in [6, 6.07) is -0.191. The van der Waals surface area contributed by atoms with Crippen LogP contribution >= 0.6 is 0 Å². The summed E-state index contributed by atoms with van der Waals surface area (Å²) in [6.07, 6.45) is 2.40. The molecule has 2 aliphatic heterocycles. The molecule has 0 radical (unpaired) electrons. The lowest BCUT2D eigenvalue weighted by molar-refractivity contribution is -0.213. The van der Waals surface area contributed by atoms with Crippen LogP contribution in [0.4, 0.5) is 0 Å². The second-order valence-corrected chi connectivity index (χ2v) is 8.00. The van der Waals surface area contributed by atoms with Crippen LogP contribution in [0.5, 0.6) is 0 Å². The largest absolute Gasteiger partial charge is 0.459 e. The first-order valence-corrected chi connectivity index (χ1v) is 9.50. The van der Waals surface area contributed by atoms with E-state index in [0.717, 1.165) is 12.1 Å². The Bertz CT molecular complexity index is 677. The zero-order chi connectivity index (χ0) is 21.3. The predicted octanol–water partition coefficient (Wildman–Crippen LogP) is 0.305. The zero-order valence-corrected chi connectivity index (χ0v) is 17.1. The summed E-state index contributed by atoms with van der Waals surface area (Å²) >= 11 is 0. The molecule has 0 amide bonds. The lowest BCUT2D eigenvalue weighted by Crippen LogP contribution is -2.63. The molecular weight excluding hydrogens is 366 g/mol. The van der Waals surface area contributed by atoms with Crippen LogP contribution in [-0.4, -0.2) is 81.3 Å². The van der Waals surface area contributed by atoms with E-state index in [0.29, 0.717) is 18.5 Å². The van der Waals surface area contributed by atoms with Crippen molar-refractivity contribution in [2.45, 2.75) is 70.5 Å². The molecule has 0 saturated carbocycles. The maximum absolute atomic E-state index is 12.5. The molecule has 2 rings (SSSR count). The van der Waals surface area contributed by atoms with Crippen LogP contribution in [0.25, 0.3) is 0 Å². The number of nitrogens with zero attached hydrogens (tertiary/aromatic N) is 1. The van der Waals surface area contributed by atoms with Gasteiger partial charge in [0.25, 0.3) is 0 Å². The fraction of sp³-hybridized carbons (Fsp3) is 0.700. The topological polar surface area (TPSA) is 117 Å². The van der Waals surface area contributed by atoms with Crippen LogP contribution in [-0.2, 0) is 19.1 Å². The average Bonchev–Trinajstić information content (AvgIpc) is 3.20. The number of ether oxygens (including phenoxy) is 2. The maximum atomic E-state index is 12.5.